The molecular weight excluding hydrogens is 169 g/mol. The second kappa shape index (κ2) is 4.20. The summed E-state index contributed by atoms with van der Waals surface area (Å²) in [5.74, 6) is 0.534. The van der Waals surface area contributed by atoms with Crippen LogP contribution in [0, 0.1) is 5.41 Å². The maximum Gasteiger partial charge on any atom is 0.106 e. The molecule has 0 aliphatic heterocycles. The summed E-state index contributed by atoms with van der Waals surface area (Å²) in [6.07, 6.45) is 0. The molecule has 0 aromatic rings. The zero-order valence-corrected chi connectivity index (χ0v) is 8.13. The Balaban J connectivity index is 3.93. The highest BCUT2D eigenvalue weighted by Crippen LogP contribution is 2.18. The van der Waals surface area contributed by atoms with Crippen LogP contribution in [-0.4, -0.2) is 17.6 Å². The maximum absolute atomic E-state index is 5.83. The monoisotopic (exact) mass is 181 g/mol. The van der Waals surface area contributed by atoms with E-state index in [-0.39, 0.29) is 5.41 Å². The Morgan fingerprint density at radius 2 is 1.90 bits per heavy atom. The molecule has 0 fully saturated rings. The molecule has 60 valence electrons. The summed E-state index contributed by atoms with van der Waals surface area (Å²) in [7, 11) is 0. The highest BCUT2D eigenvalue weighted by molar-refractivity contribution is 6.66. The Hall–Kier alpha value is 0.250. The molecular formula is C7H13Cl2N. The Labute approximate surface area is 72.4 Å². The highest BCUT2D eigenvalue weighted by atomic mass is 35.5. The van der Waals surface area contributed by atoms with Crippen LogP contribution in [0.2, 0.25) is 0 Å². The molecule has 0 aromatic heterocycles. The van der Waals surface area contributed by atoms with Gasteiger partial charge in [0, 0.05) is 11.3 Å². The summed E-state index contributed by atoms with van der Waals surface area (Å²) in [6.45, 7) is 6.67. The zero-order chi connectivity index (χ0) is 8.20. The fourth-order valence-corrected chi connectivity index (χ4v) is 0.547. The standard InChI is InChI=1S/C7H13Cl2N/c1-7(2,3)6(9)10-5-4-8/h4-5H2,1-3H3. The molecule has 1 nitrogen and oxygen atoms in total. The first-order valence-electron chi connectivity index (χ1n) is 3.25. The van der Waals surface area contributed by atoms with E-state index in [4.69, 9.17) is 23.2 Å². The topological polar surface area (TPSA) is 12.4 Å². The van der Waals surface area contributed by atoms with E-state index in [0.717, 1.165) is 0 Å². The number of aliphatic imine (C=N–C) groups is 1. The summed E-state index contributed by atoms with van der Waals surface area (Å²) < 4.78 is 0. The highest BCUT2D eigenvalue weighted by Gasteiger charge is 2.15. The summed E-state index contributed by atoms with van der Waals surface area (Å²) in [4.78, 5) is 4.06. The molecule has 0 saturated heterocycles. The summed E-state index contributed by atoms with van der Waals surface area (Å²) in [5, 5.41) is 0.646. The molecule has 3 heteroatoms. The van der Waals surface area contributed by atoms with Gasteiger partial charge in [-0.05, 0) is 0 Å². The van der Waals surface area contributed by atoms with E-state index in [1.165, 1.54) is 0 Å². The number of rotatable bonds is 2. The van der Waals surface area contributed by atoms with E-state index in [1.54, 1.807) is 0 Å². The number of nitrogens with zero attached hydrogens (tertiary/aromatic N) is 1. The normalized spacial score (nSPS) is 13.9. The van der Waals surface area contributed by atoms with E-state index in [9.17, 15) is 0 Å². The average Bonchev–Trinajstić information content (AvgIpc) is 1.80. The molecule has 0 atom stereocenters. The van der Waals surface area contributed by atoms with Crippen LogP contribution in [0.4, 0.5) is 0 Å². The minimum absolute atomic E-state index is 0.0341. The molecule has 0 amide bonds. The van der Waals surface area contributed by atoms with Gasteiger partial charge in [-0.25, -0.2) is 0 Å². The molecule has 0 bridgehead atoms. The van der Waals surface area contributed by atoms with Crippen LogP contribution in [-0.2, 0) is 0 Å². The molecule has 0 saturated carbocycles. The summed E-state index contributed by atoms with van der Waals surface area (Å²) >= 11 is 11.3. The molecule has 10 heavy (non-hydrogen) atoms. The minimum atomic E-state index is -0.0341. The third-order valence-electron chi connectivity index (χ3n) is 0.954. The lowest BCUT2D eigenvalue weighted by atomic mass is 9.99. The molecule has 0 spiro atoms. The molecule has 0 aromatic carbocycles. The van der Waals surface area contributed by atoms with Gasteiger partial charge in [-0.2, -0.15) is 0 Å². The fourth-order valence-electron chi connectivity index (χ4n) is 0.378. The van der Waals surface area contributed by atoms with Crippen molar-refractivity contribution in [3.05, 3.63) is 0 Å². The Morgan fingerprint density at radius 3 is 2.20 bits per heavy atom. The van der Waals surface area contributed by atoms with Gasteiger partial charge in [0.25, 0.3) is 0 Å². The smallest absolute Gasteiger partial charge is 0.106 e. The van der Waals surface area contributed by atoms with Crippen LogP contribution in [0.3, 0.4) is 0 Å². The first-order chi connectivity index (χ1) is 4.48. The van der Waals surface area contributed by atoms with Gasteiger partial charge in [-0.1, -0.05) is 32.4 Å². The van der Waals surface area contributed by atoms with E-state index in [1.807, 2.05) is 20.8 Å². The van der Waals surface area contributed by atoms with Gasteiger partial charge in [0.2, 0.25) is 0 Å². The lowest BCUT2D eigenvalue weighted by Gasteiger charge is -2.15. The molecule has 0 heterocycles. The van der Waals surface area contributed by atoms with Crippen molar-refractivity contribution in [3.63, 3.8) is 0 Å². The Kier molecular flexibility index (Phi) is 4.30. The number of hydrogen-bond acceptors (Lipinski definition) is 1. The second-order valence-electron chi connectivity index (χ2n) is 3.11. The minimum Gasteiger partial charge on any atom is -0.276 e. The third kappa shape index (κ3) is 4.13. The molecule has 0 aliphatic rings. The van der Waals surface area contributed by atoms with Gasteiger partial charge in [-0.15, -0.1) is 11.6 Å². The van der Waals surface area contributed by atoms with Crippen molar-refractivity contribution >= 4 is 28.4 Å². The number of halogens is 2. The Bertz CT molecular complexity index is 124. The fraction of sp³-hybridized carbons (Fsp3) is 0.857. The van der Waals surface area contributed by atoms with Crippen LogP contribution in [0.15, 0.2) is 4.99 Å². The average molecular weight is 182 g/mol. The van der Waals surface area contributed by atoms with Crippen molar-refractivity contribution in [3.8, 4) is 0 Å². The Morgan fingerprint density at radius 1 is 1.40 bits per heavy atom. The zero-order valence-electron chi connectivity index (χ0n) is 6.62. The lowest BCUT2D eigenvalue weighted by Crippen LogP contribution is -2.14. The van der Waals surface area contributed by atoms with E-state index in [2.05, 4.69) is 4.99 Å². The quantitative estimate of drug-likeness (QED) is 0.460. The van der Waals surface area contributed by atoms with E-state index >= 15 is 0 Å². The predicted octanol–water partition coefficient (Wildman–Crippen LogP) is 2.91. The van der Waals surface area contributed by atoms with Crippen molar-refractivity contribution in [2.75, 3.05) is 12.4 Å². The van der Waals surface area contributed by atoms with Crippen molar-refractivity contribution in [2.24, 2.45) is 10.4 Å². The van der Waals surface area contributed by atoms with Crippen LogP contribution < -0.4 is 0 Å². The van der Waals surface area contributed by atoms with Gasteiger partial charge < -0.3 is 0 Å². The summed E-state index contributed by atoms with van der Waals surface area (Å²) in [6, 6.07) is 0. The lowest BCUT2D eigenvalue weighted by molar-refractivity contribution is 0.598. The van der Waals surface area contributed by atoms with Gasteiger partial charge in [0.15, 0.2) is 0 Å². The summed E-state index contributed by atoms with van der Waals surface area (Å²) in [5.41, 5.74) is -0.0341. The van der Waals surface area contributed by atoms with Crippen molar-refractivity contribution < 1.29 is 0 Å². The van der Waals surface area contributed by atoms with Crippen LogP contribution in [0.5, 0.6) is 0 Å². The first kappa shape index (κ1) is 10.2. The largest absolute Gasteiger partial charge is 0.276 e. The van der Waals surface area contributed by atoms with Gasteiger partial charge in [-0.3, -0.25) is 4.99 Å². The molecule has 0 N–H and O–H groups in total. The predicted molar refractivity (Wildman–Crippen MR) is 48.3 cm³/mol. The molecule has 0 unspecified atom stereocenters. The van der Waals surface area contributed by atoms with Crippen molar-refractivity contribution in [2.45, 2.75) is 20.8 Å². The van der Waals surface area contributed by atoms with Gasteiger partial charge >= 0.3 is 0 Å². The van der Waals surface area contributed by atoms with Crippen molar-refractivity contribution in [1.82, 2.24) is 0 Å². The first-order valence-corrected chi connectivity index (χ1v) is 4.16. The molecule has 0 aliphatic carbocycles. The van der Waals surface area contributed by atoms with E-state index in [0.29, 0.717) is 17.6 Å². The van der Waals surface area contributed by atoms with Crippen LogP contribution in [0.25, 0.3) is 0 Å². The molecule has 0 rings (SSSR count). The SMILES string of the molecule is CC(C)(C)C(Cl)=NCCCl. The van der Waals surface area contributed by atoms with Crippen molar-refractivity contribution in [1.29, 1.82) is 0 Å². The van der Waals surface area contributed by atoms with Crippen LogP contribution >= 0.6 is 23.2 Å². The second-order valence-corrected chi connectivity index (χ2v) is 3.85. The van der Waals surface area contributed by atoms with Gasteiger partial charge in [0.1, 0.15) is 5.17 Å². The molecule has 0 radical (unpaired) electrons. The number of alkyl halides is 1. The van der Waals surface area contributed by atoms with Gasteiger partial charge in [0.05, 0.1) is 6.54 Å². The number of hydrogen-bond donors (Lipinski definition) is 0. The maximum atomic E-state index is 5.83. The third-order valence-corrected chi connectivity index (χ3v) is 1.81. The van der Waals surface area contributed by atoms with E-state index < -0.39 is 0 Å². The van der Waals surface area contributed by atoms with Crippen LogP contribution in [0.1, 0.15) is 20.8 Å².